The molecule has 0 atom stereocenters. The number of aromatic nitrogens is 2. The summed E-state index contributed by atoms with van der Waals surface area (Å²) in [7, 11) is 0. The molecule has 7 nitrogen and oxygen atoms in total. The second-order valence-electron chi connectivity index (χ2n) is 6.85. The maximum atomic E-state index is 12.6. The first-order valence-corrected chi connectivity index (χ1v) is 9.72. The fraction of sp³-hybridized carbons (Fsp3) is 0.217. The average Bonchev–Trinajstić information content (AvgIpc) is 2.72. The van der Waals surface area contributed by atoms with Crippen LogP contribution in [0.4, 0.5) is 17.3 Å². The number of ether oxygens (including phenoxy) is 1. The molecule has 0 unspecified atom stereocenters. The Morgan fingerprint density at radius 3 is 2.27 bits per heavy atom. The highest BCUT2D eigenvalue weighted by Gasteiger charge is 2.10. The van der Waals surface area contributed by atoms with Crippen LogP contribution in [0.5, 0.6) is 0 Å². The average molecular weight is 404 g/mol. The zero-order valence-electron chi connectivity index (χ0n) is 17.2. The van der Waals surface area contributed by atoms with Crippen LogP contribution < -0.4 is 10.6 Å². The van der Waals surface area contributed by atoms with Gasteiger partial charge in [-0.2, -0.15) is 0 Å². The van der Waals surface area contributed by atoms with Crippen molar-refractivity contribution in [2.45, 2.75) is 27.2 Å². The summed E-state index contributed by atoms with van der Waals surface area (Å²) in [5.74, 6) is -0.154. The molecular formula is C23H24N4O3. The quantitative estimate of drug-likeness (QED) is 0.557. The van der Waals surface area contributed by atoms with E-state index in [2.05, 4.69) is 20.6 Å². The van der Waals surface area contributed by atoms with Crippen LogP contribution in [0.25, 0.3) is 0 Å². The Hall–Kier alpha value is -3.74. The lowest BCUT2D eigenvalue weighted by Gasteiger charge is -2.10. The number of anilines is 3. The van der Waals surface area contributed by atoms with Gasteiger partial charge < -0.3 is 15.4 Å². The van der Waals surface area contributed by atoms with E-state index in [0.29, 0.717) is 35.1 Å². The first kappa shape index (κ1) is 21.0. The standard InChI is InChI=1S/C23H24N4O3/c1-4-12-30-22(29)17-8-10-19(11-9-17)26-21(28)18-6-5-7-20(14-18)27-23-24-15(2)13-16(3)25-23/h5-11,13-14H,4,12H2,1-3H3,(H,26,28)(H,24,25,27). The third kappa shape index (κ3) is 5.64. The number of esters is 1. The van der Waals surface area contributed by atoms with Crippen molar-refractivity contribution in [3.8, 4) is 0 Å². The SMILES string of the molecule is CCCOC(=O)c1ccc(NC(=O)c2cccc(Nc3nc(C)cc(C)n3)c2)cc1. The zero-order valence-corrected chi connectivity index (χ0v) is 17.2. The third-order valence-corrected chi connectivity index (χ3v) is 4.18. The molecule has 2 aromatic carbocycles. The van der Waals surface area contributed by atoms with E-state index < -0.39 is 0 Å². The molecule has 2 N–H and O–H groups in total. The van der Waals surface area contributed by atoms with Crippen LogP contribution >= 0.6 is 0 Å². The Bertz CT molecular complexity index is 1030. The van der Waals surface area contributed by atoms with Crippen molar-refractivity contribution in [1.82, 2.24) is 9.97 Å². The van der Waals surface area contributed by atoms with Crippen LogP contribution in [-0.4, -0.2) is 28.5 Å². The van der Waals surface area contributed by atoms with Crippen LogP contribution in [0.15, 0.2) is 54.6 Å². The topological polar surface area (TPSA) is 93.2 Å². The summed E-state index contributed by atoms with van der Waals surface area (Å²) in [6.45, 7) is 6.12. The molecular weight excluding hydrogens is 380 g/mol. The van der Waals surface area contributed by atoms with Crippen molar-refractivity contribution in [2.24, 2.45) is 0 Å². The Morgan fingerprint density at radius 1 is 0.900 bits per heavy atom. The van der Waals surface area contributed by atoms with Gasteiger partial charge in [0, 0.05) is 28.3 Å². The van der Waals surface area contributed by atoms with E-state index in [0.717, 1.165) is 17.8 Å². The van der Waals surface area contributed by atoms with Crippen molar-refractivity contribution in [3.63, 3.8) is 0 Å². The van der Waals surface area contributed by atoms with Gasteiger partial charge in [-0.3, -0.25) is 4.79 Å². The van der Waals surface area contributed by atoms with Gasteiger partial charge in [-0.05, 0) is 68.8 Å². The van der Waals surface area contributed by atoms with Gasteiger partial charge in [0.2, 0.25) is 5.95 Å². The summed E-state index contributed by atoms with van der Waals surface area (Å²) >= 11 is 0. The number of carbonyl (C=O) groups excluding carboxylic acids is 2. The number of benzene rings is 2. The molecule has 3 rings (SSSR count). The van der Waals surface area contributed by atoms with Crippen molar-refractivity contribution in [2.75, 3.05) is 17.2 Å². The zero-order chi connectivity index (χ0) is 21.5. The molecule has 0 bridgehead atoms. The van der Waals surface area contributed by atoms with Crippen LogP contribution in [0, 0.1) is 13.8 Å². The van der Waals surface area contributed by atoms with Crippen LogP contribution in [0.2, 0.25) is 0 Å². The van der Waals surface area contributed by atoms with E-state index in [1.165, 1.54) is 0 Å². The minimum absolute atomic E-state index is 0.263. The molecule has 30 heavy (non-hydrogen) atoms. The second-order valence-corrected chi connectivity index (χ2v) is 6.85. The highest BCUT2D eigenvalue weighted by atomic mass is 16.5. The van der Waals surface area contributed by atoms with Crippen molar-refractivity contribution < 1.29 is 14.3 Å². The molecule has 0 radical (unpaired) electrons. The van der Waals surface area contributed by atoms with Gasteiger partial charge in [0.05, 0.1) is 12.2 Å². The number of hydrogen-bond donors (Lipinski definition) is 2. The fourth-order valence-electron chi connectivity index (χ4n) is 2.82. The number of nitrogens with one attached hydrogen (secondary N) is 2. The smallest absolute Gasteiger partial charge is 0.338 e. The number of aryl methyl sites for hydroxylation is 2. The maximum absolute atomic E-state index is 12.6. The van der Waals surface area contributed by atoms with Gasteiger partial charge in [0.15, 0.2) is 0 Å². The normalized spacial score (nSPS) is 10.4. The molecule has 0 saturated heterocycles. The molecule has 0 fully saturated rings. The van der Waals surface area contributed by atoms with E-state index in [9.17, 15) is 9.59 Å². The lowest BCUT2D eigenvalue weighted by molar-refractivity contribution is 0.0505. The predicted molar refractivity (Wildman–Crippen MR) is 116 cm³/mol. The van der Waals surface area contributed by atoms with E-state index >= 15 is 0 Å². The monoisotopic (exact) mass is 404 g/mol. The number of hydrogen-bond acceptors (Lipinski definition) is 6. The van der Waals surface area contributed by atoms with Crippen LogP contribution in [-0.2, 0) is 4.74 Å². The fourth-order valence-corrected chi connectivity index (χ4v) is 2.82. The van der Waals surface area contributed by atoms with E-state index in [1.54, 1.807) is 42.5 Å². The number of nitrogens with zero attached hydrogens (tertiary/aromatic N) is 2. The first-order valence-electron chi connectivity index (χ1n) is 9.72. The van der Waals surface area contributed by atoms with Gasteiger partial charge in [-0.1, -0.05) is 13.0 Å². The van der Waals surface area contributed by atoms with Gasteiger partial charge in [0.1, 0.15) is 0 Å². The summed E-state index contributed by atoms with van der Waals surface area (Å²) in [5, 5.41) is 5.95. The Balaban J connectivity index is 1.67. The predicted octanol–water partition coefficient (Wildman–Crippen LogP) is 4.66. The third-order valence-electron chi connectivity index (χ3n) is 4.18. The Kier molecular flexibility index (Phi) is 6.75. The molecule has 154 valence electrons. The van der Waals surface area contributed by atoms with Gasteiger partial charge in [-0.25, -0.2) is 14.8 Å². The summed E-state index contributed by atoms with van der Waals surface area (Å²) < 4.78 is 5.10. The molecule has 0 saturated carbocycles. The number of amides is 1. The van der Waals surface area contributed by atoms with E-state index in [-0.39, 0.29) is 11.9 Å². The molecule has 1 heterocycles. The lowest BCUT2D eigenvalue weighted by atomic mass is 10.1. The highest BCUT2D eigenvalue weighted by molar-refractivity contribution is 6.05. The Morgan fingerprint density at radius 2 is 1.60 bits per heavy atom. The molecule has 0 aliphatic carbocycles. The summed E-state index contributed by atoms with van der Waals surface area (Å²) in [6.07, 6.45) is 0.767. The minimum Gasteiger partial charge on any atom is -0.462 e. The molecule has 7 heteroatoms. The molecule has 0 aliphatic heterocycles. The lowest BCUT2D eigenvalue weighted by Crippen LogP contribution is -2.12. The van der Waals surface area contributed by atoms with Crippen LogP contribution in [0.1, 0.15) is 45.4 Å². The highest BCUT2D eigenvalue weighted by Crippen LogP contribution is 2.18. The molecule has 0 spiro atoms. The van der Waals surface area contributed by atoms with Gasteiger partial charge >= 0.3 is 5.97 Å². The van der Waals surface area contributed by atoms with Crippen LogP contribution in [0.3, 0.4) is 0 Å². The van der Waals surface area contributed by atoms with Crippen molar-refractivity contribution >= 4 is 29.2 Å². The molecule has 1 aromatic heterocycles. The van der Waals surface area contributed by atoms with E-state index in [4.69, 9.17) is 4.74 Å². The first-order chi connectivity index (χ1) is 14.4. The Labute approximate surface area is 175 Å². The van der Waals surface area contributed by atoms with Gasteiger partial charge in [0.25, 0.3) is 5.91 Å². The summed E-state index contributed by atoms with van der Waals surface area (Å²) in [6, 6.07) is 15.6. The largest absolute Gasteiger partial charge is 0.462 e. The van der Waals surface area contributed by atoms with Crippen molar-refractivity contribution in [1.29, 1.82) is 0 Å². The number of rotatable bonds is 7. The number of carbonyl (C=O) groups is 2. The molecule has 1 amide bonds. The molecule has 3 aromatic rings. The van der Waals surface area contributed by atoms with E-state index in [1.807, 2.05) is 32.9 Å². The molecule has 0 aliphatic rings. The summed E-state index contributed by atoms with van der Waals surface area (Å²) in [5.41, 5.74) is 3.95. The maximum Gasteiger partial charge on any atom is 0.338 e. The summed E-state index contributed by atoms with van der Waals surface area (Å²) in [4.78, 5) is 33.2. The van der Waals surface area contributed by atoms with Gasteiger partial charge in [-0.15, -0.1) is 0 Å². The van der Waals surface area contributed by atoms with Crippen molar-refractivity contribution in [3.05, 3.63) is 77.1 Å². The minimum atomic E-state index is -0.373. The second kappa shape index (κ2) is 9.65.